The number of hydrogen-bond donors (Lipinski definition) is 1. The van der Waals surface area contributed by atoms with Crippen LogP contribution in [0.5, 0.6) is 0 Å². The molecule has 2 rings (SSSR count). The van der Waals surface area contributed by atoms with Gasteiger partial charge in [0.05, 0.1) is 0 Å². The average Bonchev–Trinajstić information content (AvgIpc) is 2.84. The van der Waals surface area contributed by atoms with Gasteiger partial charge in [-0.2, -0.15) is 0 Å². The molecule has 2 heterocycles. The third kappa shape index (κ3) is 3.29. The Hall–Kier alpha value is -1.59. The molecule has 2 aliphatic heterocycles. The molecule has 0 saturated carbocycles. The van der Waals surface area contributed by atoms with E-state index in [1.54, 1.807) is 0 Å². The van der Waals surface area contributed by atoms with E-state index in [0.29, 0.717) is 38.8 Å². The Morgan fingerprint density at radius 3 is 2.60 bits per heavy atom. The molecule has 0 atom stereocenters. The van der Waals surface area contributed by atoms with Crippen LogP contribution in [0.15, 0.2) is 5.16 Å². The largest absolute Gasteiger partial charge is 0.477 e. The molecule has 1 saturated heterocycles. The molecule has 6 heteroatoms. The quantitative estimate of drug-likeness (QED) is 0.780. The van der Waals surface area contributed by atoms with Gasteiger partial charge in [0.25, 0.3) is 0 Å². The number of oxime groups is 1. The fraction of sp³-hybridized carbons (Fsp3) is 0.786. The SMILES string of the molecule is CCCCCC(=O)N1CCC2(CC1)CC(C(=O)O)=NO2. The Labute approximate surface area is 118 Å². The van der Waals surface area contributed by atoms with E-state index in [9.17, 15) is 9.59 Å². The summed E-state index contributed by atoms with van der Waals surface area (Å²) in [5.74, 6) is -0.814. The van der Waals surface area contributed by atoms with E-state index in [1.165, 1.54) is 0 Å². The highest BCUT2D eigenvalue weighted by molar-refractivity contribution is 6.36. The third-order valence-corrected chi connectivity index (χ3v) is 4.11. The highest BCUT2D eigenvalue weighted by Gasteiger charge is 2.44. The van der Waals surface area contributed by atoms with Gasteiger partial charge in [-0.1, -0.05) is 24.9 Å². The zero-order chi connectivity index (χ0) is 14.6. The number of carbonyl (C=O) groups is 2. The maximum absolute atomic E-state index is 12.0. The van der Waals surface area contributed by atoms with E-state index in [2.05, 4.69) is 12.1 Å². The normalized spacial score (nSPS) is 20.6. The lowest BCUT2D eigenvalue weighted by atomic mass is 9.87. The van der Waals surface area contributed by atoms with Crippen molar-refractivity contribution < 1.29 is 19.5 Å². The fourth-order valence-electron chi connectivity index (χ4n) is 2.75. The standard InChI is InChI=1S/C14H22N2O4/c1-2-3-4-5-12(17)16-8-6-14(7-9-16)10-11(13(18)19)15-20-14/h2-10H2,1H3,(H,18,19). The maximum Gasteiger partial charge on any atom is 0.353 e. The predicted molar refractivity (Wildman–Crippen MR) is 73.5 cm³/mol. The first kappa shape index (κ1) is 14.8. The van der Waals surface area contributed by atoms with Crippen molar-refractivity contribution in [3.8, 4) is 0 Å². The highest BCUT2D eigenvalue weighted by Crippen LogP contribution is 2.34. The van der Waals surface area contributed by atoms with Crippen LogP contribution in [0.4, 0.5) is 0 Å². The lowest BCUT2D eigenvalue weighted by Crippen LogP contribution is -2.47. The Kier molecular flexibility index (Phi) is 4.62. The maximum atomic E-state index is 12.0. The number of unbranched alkanes of at least 4 members (excludes halogenated alkanes) is 2. The molecule has 6 nitrogen and oxygen atoms in total. The van der Waals surface area contributed by atoms with Crippen LogP contribution in [-0.2, 0) is 14.4 Å². The third-order valence-electron chi connectivity index (χ3n) is 4.11. The van der Waals surface area contributed by atoms with Gasteiger partial charge >= 0.3 is 5.97 Å². The van der Waals surface area contributed by atoms with Crippen LogP contribution in [0.1, 0.15) is 51.9 Å². The summed E-state index contributed by atoms with van der Waals surface area (Å²) in [7, 11) is 0. The molecular formula is C14H22N2O4. The fourth-order valence-corrected chi connectivity index (χ4v) is 2.75. The van der Waals surface area contributed by atoms with Gasteiger partial charge in [-0.3, -0.25) is 4.79 Å². The van der Waals surface area contributed by atoms with Crippen molar-refractivity contribution in [3.05, 3.63) is 0 Å². The zero-order valence-electron chi connectivity index (χ0n) is 11.9. The first-order valence-corrected chi connectivity index (χ1v) is 7.32. The van der Waals surface area contributed by atoms with Gasteiger partial charge in [0.1, 0.15) is 5.60 Å². The lowest BCUT2D eigenvalue weighted by Gasteiger charge is -2.37. The summed E-state index contributed by atoms with van der Waals surface area (Å²) in [6.07, 6.45) is 5.42. The van der Waals surface area contributed by atoms with Crippen molar-refractivity contribution in [2.75, 3.05) is 13.1 Å². The van der Waals surface area contributed by atoms with E-state index in [4.69, 9.17) is 9.94 Å². The summed E-state index contributed by atoms with van der Waals surface area (Å²) in [4.78, 5) is 30.1. The molecule has 1 fully saturated rings. The Morgan fingerprint density at radius 2 is 2.05 bits per heavy atom. The summed E-state index contributed by atoms with van der Waals surface area (Å²) < 4.78 is 0. The lowest BCUT2D eigenvalue weighted by molar-refractivity contribution is -0.137. The number of carboxylic acids is 1. The smallest absolute Gasteiger partial charge is 0.353 e. The first-order chi connectivity index (χ1) is 9.56. The van der Waals surface area contributed by atoms with Crippen molar-refractivity contribution in [2.45, 2.75) is 57.5 Å². The minimum absolute atomic E-state index is 0.0905. The number of carboxylic acid groups (broad SMARTS) is 1. The Bertz CT molecular complexity index is 411. The molecule has 0 aromatic carbocycles. The first-order valence-electron chi connectivity index (χ1n) is 7.32. The second kappa shape index (κ2) is 6.24. The van der Waals surface area contributed by atoms with Crippen molar-refractivity contribution in [2.24, 2.45) is 5.16 Å². The molecule has 20 heavy (non-hydrogen) atoms. The summed E-state index contributed by atoms with van der Waals surface area (Å²) in [5, 5.41) is 12.6. The molecule has 1 amide bonds. The van der Waals surface area contributed by atoms with Crippen LogP contribution in [0.25, 0.3) is 0 Å². The molecular weight excluding hydrogens is 260 g/mol. The van der Waals surface area contributed by atoms with E-state index in [1.807, 2.05) is 4.90 Å². The second-order valence-electron chi connectivity index (χ2n) is 5.63. The molecule has 0 bridgehead atoms. The van der Waals surface area contributed by atoms with Gasteiger partial charge in [-0.15, -0.1) is 0 Å². The van der Waals surface area contributed by atoms with Crippen LogP contribution in [0.3, 0.4) is 0 Å². The number of likely N-dealkylation sites (tertiary alicyclic amines) is 1. The van der Waals surface area contributed by atoms with Crippen molar-refractivity contribution in [1.82, 2.24) is 4.90 Å². The summed E-state index contributed by atoms with van der Waals surface area (Å²) >= 11 is 0. The van der Waals surface area contributed by atoms with Crippen molar-refractivity contribution in [1.29, 1.82) is 0 Å². The number of nitrogens with zero attached hydrogens (tertiary/aromatic N) is 2. The summed E-state index contributed by atoms with van der Waals surface area (Å²) in [5.41, 5.74) is -0.402. The molecule has 0 aromatic heterocycles. The van der Waals surface area contributed by atoms with Gasteiger partial charge in [0.2, 0.25) is 5.91 Å². The molecule has 0 aromatic rings. The number of aliphatic carboxylic acids is 1. The minimum Gasteiger partial charge on any atom is -0.477 e. The van der Waals surface area contributed by atoms with Crippen LogP contribution < -0.4 is 0 Å². The van der Waals surface area contributed by atoms with E-state index < -0.39 is 11.6 Å². The topological polar surface area (TPSA) is 79.2 Å². The second-order valence-corrected chi connectivity index (χ2v) is 5.63. The highest BCUT2D eigenvalue weighted by atomic mass is 16.7. The van der Waals surface area contributed by atoms with Crippen molar-refractivity contribution >= 4 is 17.6 Å². The van der Waals surface area contributed by atoms with E-state index >= 15 is 0 Å². The monoisotopic (exact) mass is 282 g/mol. The van der Waals surface area contributed by atoms with Crippen LogP contribution in [0, 0.1) is 0 Å². The Morgan fingerprint density at radius 1 is 1.35 bits per heavy atom. The Balaban J connectivity index is 1.79. The molecule has 0 unspecified atom stereocenters. The van der Waals surface area contributed by atoms with Gasteiger partial charge < -0.3 is 14.8 Å². The van der Waals surface area contributed by atoms with Gasteiger partial charge in [0.15, 0.2) is 5.71 Å². The van der Waals surface area contributed by atoms with Crippen LogP contribution in [0.2, 0.25) is 0 Å². The van der Waals surface area contributed by atoms with Crippen LogP contribution >= 0.6 is 0 Å². The molecule has 0 radical (unpaired) electrons. The summed E-state index contributed by atoms with van der Waals surface area (Å²) in [6, 6.07) is 0. The summed E-state index contributed by atoms with van der Waals surface area (Å²) in [6.45, 7) is 3.38. The number of carbonyl (C=O) groups excluding carboxylic acids is 1. The van der Waals surface area contributed by atoms with Crippen molar-refractivity contribution in [3.63, 3.8) is 0 Å². The van der Waals surface area contributed by atoms with Gasteiger partial charge in [0, 0.05) is 38.8 Å². The van der Waals surface area contributed by atoms with E-state index in [-0.39, 0.29) is 11.6 Å². The van der Waals surface area contributed by atoms with Gasteiger partial charge in [-0.05, 0) is 6.42 Å². The number of amides is 1. The number of rotatable bonds is 5. The van der Waals surface area contributed by atoms with Gasteiger partial charge in [-0.25, -0.2) is 4.79 Å². The number of piperidine rings is 1. The zero-order valence-corrected chi connectivity index (χ0v) is 11.9. The molecule has 0 aliphatic carbocycles. The molecule has 1 spiro atoms. The predicted octanol–water partition coefficient (Wildman–Crippen LogP) is 1.79. The van der Waals surface area contributed by atoms with E-state index in [0.717, 1.165) is 19.3 Å². The molecule has 1 N–H and O–H groups in total. The minimum atomic E-state index is -1.01. The molecule has 2 aliphatic rings. The number of hydrogen-bond acceptors (Lipinski definition) is 4. The van der Waals surface area contributed by atoms with Crippen LogP contribution in [-0.4, -0.2) is 46.3 Å². The molecule has 112 valence electrons. The average molecular weight is 282 g/mol.